The maximum Gasteiger partial charge on any atom is 0.344 e. The third kappa shape index (κ3) is 3.74. The number of nitrogens with one attached hydrogen (secondary N) is 1. The van der Waals surface area contributed by atoms with E-state index in [9.17, 15) is 14.4 Å². The molecule has 120 valence electrons. The summed E-state index contributed by atoms with van der Waals surface area (Å²) in [6.45, 7) is 10.7. The van der Waals surface area contributed by atoms with E-state index in [0.717, 1.165) is 0 Å². The summed E-state index contributed by atoms with van der Waals surface area (Å²) in [6.07, 6.45) is 0.959. The minimum Gasteiger partial charge on any atom is -0.457 e. The monoisotopic (exact) mass is 299 g/mol. The Morgan fingerprint density at radius 1 is 1.05 bits per heavy atom. The van der Waals surface area contributed by atoms with Gasteiger partial charge in [0, 0.05) is 0 Å². The number of rotatable bonds is 6. The molecule has 1 aliphatic heterocycles. The lowest BCUT2D eigenvalue weighted by Gasteiger charge is -2.41. The first kappa shape index (κ1) is 17.5. The molecule has 6 heteroatoms. The van der Waals surface area contributed by atoms with E-state index >= 15 is 0 Å². The van der Waals surface area contributed by atoms with E-state index in [1.807, 2.05) is 13.8 Å². The van der Waals surface area contributed by atoms with Gasteiger partial charge in [-0.05, 0) is 40.5 Å². The fourth-order valence-corrected chi connectivity index (χ4v) is 1.61. The SMILES string of the molecule is CCC(C)(C)OC(=O)C1(C(=O)OC(C)(C)CC)CC(=O)N1. The highest BCUT2D eigenvalue weighted by Gasteiger charge is 2.60. The number of carbonyl (C=O) groups is 3. The molecule has 6 nitrogen and oxygen atoms in total. The Hall–Kier alpha value is -1.59. The first-order valence-electron chi connectivity index (χ1n) is 7.26. The molecule has 1 aliphatic rings. The molecule has 1 saturated heterocycles. The quantitative estimate of drug-likeness (QED) is 0.459. The van der Waals surface area contributed by atoms with Crippen molar-refractivity contribution in [3.8, 4) is 0 Å². The summed E-state index contributed by atoms with van der Waals surface area (Å²) in [4.78, 5) is 36.0. The molecule has 0 atom stereocenters. The van der Waals surface area contributed by atoms with E-state index in [1.54, 1.807) is 27.7 Å². The molecule has 1 fully saturated rings. The second-order valence-corrected chi connectivity index (χ2v) is 6.64. The van der Waals surface area contributed by atoms with Crippen LogP contribution in [0.4, 0.5) is 0 Å². The lowest BCUT2D eigenvalue weighted by molar-refractivity contribution is -0.188. The fraction of sp³-hybridized carbons (Fsp3) is 0.800. The minimum atomic E-state index is -1.70. The Balaban J connectivity index is 2.92. The van der Waals surface area contributed by atoms with Crippen molar-refractivity contribution >= 4 is 17.8 Å². The Morgan fingerprint density at radius 2 is 1.38 bits per heavy atom. The van der Waals surface area contributed by atoms with Gasteiger partial charge in [-0.1, -0.05) is 13.8 Å². The zero-order valence-corrected chi connectivity index (χ0v) is 13.7. The van der Waals surface area contributed by atoms with Gasteiger partial charge < -0.3 is 14.8 Å². The summed E-state index contributed by atoms with van der Waals surface area (Å²) < 4.78 is 10.7. The second-order valence-electron chi connectivity index (χ2n) is 6.64. The highest BCUT2D eigenvalue weighted by atomic mass is 16.6. The van der Waals surface area contributed by atoms with Gasteiger partial charge in [0.15, 0.2) is 0 Å². The number of esters is 2. The molecule has 1 N–H and O–H groups in total. The van der Waals surface area contributed by atoms with Crippen LogP contribution in [0.2, 0.25) is 0 Å². The van der Waals surface area contributed by atoms with Gasteiger partial charge in [0.1, 0.15) is 11.2 Å². The highest BCUT2D eigenvalue weighted by molar-refractivity contribution is 6.15. The van der Waals surface area contributed by atoms with Crippen molar-refractivity contribution in [2.24, 2.45) is 0 Å². The van der Waals surface area contributed by atoms with E-state index in [-0.39, 0.29) is 12.3 Å². The number of hydrogen-bond donors (Lipinski definition) is 1. The van der Waals surface area contributed by atoms with Crippen molar-refractivity contribution in [3.05, 3.63) is 0 Å². The van der Waals surface area contributed by atoms with Crippen molar-refractivity contribution in [2.45, 2.75) is 77.5 Å². The summed E-state index contributed by atoms with van der Waals surface area (Å²) in [7, 11) is 0. The van der Waals surface area contributed by atoms with Crippen LogP contribution in [-0.4, -0.2) is 34.6 Å². The van der Waals surface area contributed by atoms with E-state index in [2.05, 4.69) is 5.32 Å². The van der Waals surface area contributed by atoms with Gasteiger partial charge >= 0.3 is 11.9 Å². The van der Waals surface area contributed by atoms with Crippen molar-refractivity contribution in [1.82, 2.24) is 5.32 Å². The predicted octanol–water partition coefficient (Wildman–Crippen LogP) is 1.71. The van der Waals surface area contributed by atoms with Crippen molar-refractivity contribution in [3.63, 3.8) is 0 Å². The molecular formula is C15H25NO5. The zero-order chi connectivity index (χ0) is 16.5. The number of hydrogen-bond acceptors (Lipinski definition) is 5. The smallest absolute Gasteiger partial charge is 0.344 e. The number of amides is 1. The Labute approximate surface area is 125 Å². The van der Waals surface area contributed by atoms with Crippen LogP contribution in [0.5, 0.6) is 0 Å². The first-order valence-corrected chi connectivity index (χ1v) is 7.26. The molecule has 1 amide bonds. The Morgan fingerprint density at radius 3 is 1.62 bits per heavy atom. The average molecular weight is 299 g/mol. The number of ether oxygens (including phenoxy) is 2. The average Bonchev–Trinajstić information content (AvgIpc) is 2.33. The van der Waals surface area contributed by atoms with Crippen LogP contribution < -0.4 is 5.32 Å². The largest absolute Gasteiger partial charge is 0.457 e. The van der Waals surface area contributed by atoms with Crippen molar-refractivity contribution in [2.75, 3.05) is 0 Å². The fourth-order valence-electron chi connectivity index (χ4n) is 1.61. The summed E-state index contributed by atoms with van der Waals surface area (Å²) in [5.74, 6) is -1.88. The van der Waals surface area contributed by atoms with Gasteiger partial charge in [-0.2, -0.15) is 0 Å². The third-order valence-electron chi connectivity index (χ3n) is 3.92. The highest BCUT2D eigenvalue weighted by Crippen LogP contribution is 2.29. The maximum atomic E-state index is 12.3. The van der Waals surface area contributed by atoms with Crippen LogP contribution in [0.1, 0.15) is 60.8 Å². The Bertz CT molecular complexity index is 413. The molecular weight excluding hydrogens is 274 g/mol. The van der Waals surface area contributed by atoms with Crippen LogP contribution in [0, 0.1) is 0 Å². The Kier molecular flexibility index (Phi) is 4.70. The molecule has 1 rings (SSSR count). The summed E-state index contributed by atoms with van der Waals surface area (Å²) in [5, 5.41) is 2.36. The van der Waals surface area contributed by atoms with Gasteiger partial charge in [-0.25, -0.2) is 9.59 Å². The predicted molar refractivity (Wildman–Crippen MR) is 76.4 cm³/mol. The maximum absolute atomic E-state index is 12.3. The van der Waals surface area contributed by atoms with Crippen molar-refractivity contribution in [1.29, 1.82) is 0 Å². The van der Waals surface area contributed by atoms with E-state index in [1.165, 1.54) is 0 Å². The summed E-state index contributed by atoms with van der Waals surface area (Å²) >= 11 is 0. The number of β-lactam (4-membered cyclic amide) rings is 1. The summed E-state index contributed by atoms with van der Waals surface area (Å²) in [5.41, 5.74) is -3.11. The molecule has 1 heterocycles. The van der Waals surface area contributed by atoms with Crippen LogP contribution in [0.3, 0.4) is 0 Å². The molecule has 0 spiro atoms. The first-order chi connectivity index (χ1) is 9.48. The lowest BCUT2D eigenvalue weighted by atomic mass is 9.86. The molecule has 0 radical (unpaired) electrons. The zero-order valence-electron chi connectivity index (χ0n) is 13.7. The molecule has 0 saturated carbocycles. The van der Waals surface area contributed by atoms with Crippen molar-refractivity contribution < 1.29 is 23.9 Å². The van der Waals surface area contributed by atoms with Gasteiger partial charge in [0.2, 0.25) is 11.4 Å². The standard InChI is InChI=1S/C15H25NO5/c1-7-13(3,4)20-11(18)15(9-10(17)16-15)12(19)21-14(5,6)8-2/h7-9H2,1-6H3,(H,16,17). The third-order valence-corrected chi connectivity index (χ3v) is 3.92. The van der Waals surface area contributed by atoms with Crippen LogP contribution in [0.15, 0.2) is 0 Å². The lowest BCUT2D eigenvalue weighted by Crippen LogP contribution is -2.72. The number of carbonyl (C=O) groups excluding carboxylic acids is 3. The molecule has 0 aromatic rings. The van der Waals surface area contributed by atoms with Gasteiger partial charge in [-0.15, -0.1) is 0 Å². The van der Waals surface area contributed by atoms with Gasteiger partial charge in [0.05, 0.1) is 6.42 Å². The minimum absolute atomic E-state index is 0.232. The van der Waals surface area contributed by atoms with Gasteiger partial charge in [-0.3, -0.25) is 4.79 Å². The molecule has 0 aromatic carbocycles. The van der Waals surface area contributed by atoms with Crippen LogP contribution in [-0.2, 0) is 23.9 Å². The van der Waals surface area contributed by atoms with Crippen LogP contribution >= 0.6 is 0 Å². The van der Waals surface area contributed by atoms with Gasteiger partial charge in [0.25, 0.3) is 0 Å². The van der Waals surface area contributed by atoms with E-state index in [0.29, 0.717) is 12.8 Å². The van der Waals surface area contributed by atoms with E-state index < -0.39 is 28.7 Å². The molecule has 0 unspecified atom stereocenters. The molecule has 0 aliphatic carbocycles. The topological polar surface area (TPSA) is 81.7 Å². The normalized spacial score (nSPS) is 17.5. The molecule has 0 bridgehead atoms. The van der Waals surface area contributed by atoms with E-state index in [4.69, 9.17) is 9.47 Å². The molecule has 0 aromatic heterocycles. The van der Waals surface area contributed by atoms with Crippen LogP contribution in [0.25, 0.3) is 0 Å². The second kappa shape index (κ2) is 5.66. The molecule has 21 heavy (non-hydrogen) atoms. The summed E-state index contributed by atoms with van der Waals surface area (Å²) in [6, 6.07) is 0.